The van der Waals surface area contributed by atoms with Crippen LogP contribution in [0.5, 0.6) is 46.0 Å². The normalized spacial score (nSPS) is 11.7. The van der Waals surface area contributed by atoms with Gasteiger partial charge in [-0.15, -0.1) is 0 Å². The van der Waals surface area contributed by atoms with Crippen LogP contribution in [0.15, 0.2) is 141 Å². The van der Waals surface area contributed by atoms with Gasteiger partial charge in [-0.05, 0) is 119 Å². The summed E-state index contributed by atoms with van der Waals surface area (Å²) in [7, 11) is 0. The minimum Gasteiger partial charge on any atom is -0.457 e. The number of hydrogen-bond acceptors (Lipinski definition) is 11. The lowest BCUT2D eigenvalue weighted by molar-refractivity contribution is -0.130. The molecule has 0 unspecified atom stereocenters. The highest BCUT2D eigenvalue weighted by atomic mass is 16.5. The van der Waals surface area contributed by atoms with Gasteiger partial charge in [0.25, 0.3) is 22.2 Å². The molecule has 0 spiro atoms. The molecule has 0 aliphatic rings. The minimum absolute atomic E-state index is 0.0210. The van der Waals surface area contributed by atoms with E-state index in [1.165, 1.54) is 49.4 Å². The Kier molecular flexibility index (Phi) is 11.2. The number of esters is 2. The highest BCUT2D eigenvalue weighted by Gasteiger charge is 2.26. The molecule has 5 aromatic carbocycles. The zero-order valence-electron chi connectivity index (χ0n) is 36.0. The van der Waals surface area contributed by atoms with Gasteiger partial charge in [-0.2, -0.15) is 0 Å². The highest BCUT2D eigenvalue weighted by molar-refractivity contribution is 5.98. The van der Waals surface area contributed by atoms with E-state index in [0.717, 1.165) is 14.7 Å². The molecule has 0 bridgehead atoms. The van der Waals surface area contributed by atoms with E-state index >= 15 is 0 Å². The second-order valence-electron chi connectivity index (χ2n) is 17.1. The van der Waals surface area contributed by atoms with E-state index in [4.69, 9.17) is 23.7 Å². The first-order chi connectivity index (χ1) is 29.6. The Morgan fingerprint density at radius 3 is 1.33 bits per heavy atom. The van der Waals surface area contributed by atoms with Gasteiger partial charge >= 0.3 is 11.9 Å². The van der Waals surface area contributed by atoms with Gasteiger partial charge in [0, 0.05) is 34.4 Å². The first kappa shape index (κ1) is 43.3. The van der Waals surface area contributed by atoms with Crippen LogP contribution in [0.25, 0.3) is 27.2 Å². The van der Waals surface area contributed by atoms with Crippen molar-refractivity contribution in [2.24, 2.45) is 0 Å². The molecule has 7 rings (SSSR count). The molecule has 320 valence electrons. The number of carbonyl (C=O) groups excluding carboxylic acids is 2. The summed E-state index contributed by atoms with van der Waals surface area (Å²) >= 11 is 0. The monoisotopic (exact) mass is 848 g/mol. The third-order valence-electron chi connectivity index (χ3n) is 9.96. The van der Waals surface area contributed by atoms with E-state index in [1.807, 2.05) is 26.8 Å². The number of benzene rings is 5. The second-order valence-corrected chi connectivity index (χ2v) is 17.1. The van der Waals surface area contributed by atoms with Gasteiger partial charge in [0.15, 0.2) is 11.5 Å². The third kappa shape index (κ3) is 8.71. The fourth-order valence-electron chi connectivity index (χ4n) is 6.81. The molecule has 13 nitrogen and oxygen atoms in total. The molecule has 0 radical (unpaired) electrons. The summed E-state index contributed by atoms with van der Waals surface area (Å²) in [6, 6.07) is 25.2. The van der Waals surface area contributed by atoms with Crippen molar-refractivity contribution in [1.29, 1.82) is 0 Å². The first-order valence-electron chi connectivity index (χ1n) is 19.8. The topological polar surface area (TPSA) is 158 Å². The molecule has 7 aromatic rings. The number of nitrogens with zero attached hydrogens (tertiary/aromatic N) is 2. The van der Waals surface area contributed by atoms with E-state index in [1.54, 1.807) is 76.2 Å². The lowest BCUT2D eigenvalue weighted by Gasteiger charge is -2.23. The number of ether oxygens (including phenoxy) is 5. The number of carbonyl (C=O) groups is 2. The Morgan fingerprint density at radius 2 is 0.889 bits per heavy atom. The Morgan fingerprint density at radius 1 is 0.476 bits per heavy atom. The van der Waals surface area contributed by atoms with Gasteiger partial charge in [-0.25, -0.2) is 14.2 Å². The van der Waals surface area contributed by atoms with Crippen LogP contribution >= 0.6 is 0 Å². The third-order valence-corrected chi connectivity index (χ3v) is 9.96. The molecule has 13 heteroatoms. The first-order valence-corrected chi connectivity index (χ1v) is 19.8. The molecule has 0 saturated heterocycles. The van der Waals surface area contributed by atoms with Crippen molar-refractivity contribution in [3.63, 3.8) is 0 Å². The number of aromatic nitrogens is 2. The van der Waals surface area contributed by atoms with E-state index < -0.39 is 39.7 Å². The molecule has 0 amide bonds. The number of rotatable bonds is 11. The predicted octanol–water partition coefficient (Wildman–Crippen LogP) is 9.29. The highest BCUT2D eigenvalue weighted by Crippen LogP contribution is 2.41. The Hall–Kier alpha value is -7.80. The van der Waals surface area contributed by atoms with Gasteiger partial charge in [0.1, 0.15) is 34.5 Å². The average Bonchev–Trinajstić information content (AvgIpc) is 3.61. The Bertz CT molecular complexity index is 3140. The number of fused-ring (bicyclic) bond motifs is 2. The lowest BCUT2D eigenvalue weighted by atomic mass is 9.86. The molecule has 0 atom stereocenters. The molecular formula is C50H44N2O11. The van der Waals surface area contributed by atoms with Crippen LogP contribution in [-0.4, -0.2) is 21.1 Å². The molecule has 0 aliphatic carbocycles. The van der Waals surface area contributed by atoms with Crippen LogP contribution in [0.4, 0.5) is 0 Å². The standard InChI is InChI=1S/C50H44N2O11/c1-27(2)47(57)62-32-16-12-30(13-17-32)59-41-24-34(20-21-39(41)49(5,6)7)61-40-22-11-29(23-42(40)60-31-14-18-33(19-15-31)63-48(58)28(3)4)51-43(53)35-25-37-38(26-36(35)44(51)54)46(56)52(45(37)55)50(8,9)10/h11-26H,1,3H2,2,4-10H3. The van der Waals surface area contributed by atoms with Gasteiger partial charge in [0.2, 0.25) is 0 Å². The van der Waals surface area contributed by atoms with Crippen LogP contribution < -0.4 is 45.9 Å². The summed E-state index contributed by atoms with van der Waals surface area (Å²) in [5.41, 5.74) is -2.21. The van der Waals surface area contributed by atoms with Crippen molar-refractivity contribution in [2.75, 3.05) is 0 Å². The van der Waals surface area contributed by atoms with Gasteiger partial charge in [-0.3, -0.25) is 23.7 Å². The van der Waals surface area contributed by atoms with Crippen LogP contribution in [0.1, 0.15) is 61.0 Å². The quantitative estimate of drug-likeness (QED) is 0.0694. The maximum Gasteiger partial charge on any atom is 0.338 e. The van der Waals surface area contributed by atoms with Crippen molar-refractivity contribution >= 4 is 33.5 Å². The zero-order valence-corrected chi connectivity index (χ0v) is 36.0. The molecule has 0 aliphatic heterocycles. The summed E-state index contributed by atoms with van der Waals surface area (Å²) in [5, 5.41) is 0.0483. The van der Waals surface area contributed by atoms with Gasteiger partial charge in [0.05, 0.1) is 27.2 Å². The fourth-order valence-corrected chi connectivity index (χ4v) is 6.81. The Balaban J connectivity index is 1.29. The predicted molar refractivity (Wildman–Crippen MR) is 240 cm³/mol. The summed E-state index contributed by atoms with van der Waals surface area (Å²) in [6.07, 6.45) is 0. The maximum atomic E-state index is 14.0. The summed E-state index contributed by atoms with van der Waals surface area (Å²) < 4.78 is 31.9. The van der Waals surface area contributed by atoms with E-state index in [0.29, 0.717) is 23.0 Å². The van der Waals surface area contributed by atoms with Crippen molar-refractivity contribution in [1.82, 2.24) is 9.13 Å². The fraction of sp³-hybridized carbons (Fsp3) is 0.200. The van der Waals surface area contributed by atoms with Gasteiger partial charge in [-0.1, -0.05) is 40.0 Å². The molecule has 0 saturated carbocycles. The Labute approximate surface area is 361 Å². The van der Waals surface area contributed by atoms with Crippen LogP contribution in [0.2, 0.25) is 0 Å². The van der Waals surface area contributed by atoms with Crippen molar-refractivity contribution in [3.05, 3.63) is 168 Å². The summed E-state index contributed by atoms with van der Waals surface area (Å²) in [5.74, 6) is 1.27. The second kappa shape index (κ2) is 16.2. The summed E-state index contributed by atoms with van der Waals surface area (Å²) in [4.78, 5) is 78.9. The largest absolute Gasteiger partial charge is 0.457 e. The smallest absolute Gasteiger partial charge is 0.338 e. The van der Waals surface area contributed by atoms with Crippen LogP contribution in [-0.2, 0) is 20.5 Å². The van der Waals surface area contributed by atoms with Crippen molar-refractivity contribution < 1.29 is 33.3 Å². The van der Waals surface area contributed by atoms with Crippen LogP contribution in [0.3, 0.4) is 0 Å². The van der Waals surface area contributed by atoms with Crippen LogP contribution in [0, 0.1) is 0 Å². The average molecular weight is 849 g/mol. The molecule has 0 fully saturated rings. The van der Waals surface area contributed by atoms with E-state index in [2.05, 4.69) is 13.2 Å². The molecular weight excluding hydrogens is 805 g/mol. The van der Waals surface area contributed by atoms with Crippen molar-refractivity contribution in [2.45, 2.75) is 66.3 Å². The zero-order chi connectivity index (χ0) is 45.7. The van der Waals surface area contributed by atoms with E-state index in [9.17, 15) is 28.8 Å². The van der Waals surface area contributed by atoms with E-state index in [-0.39, 0.29) is 66.8 Å². The molecule has 2 aromatic heterocycles. The number of hydrogen-bond donors (Lipinski definition) is 0. The summed E-state index contributed by atoms with van der Waals surface area (Å²) in [6.45, 7) is 21.6. The van der Waals surface area contributed by atoms with Gasteiger partial charge < -0.3 is 23.7 Å². The SMILES string of the molecule is C=C(C)C(=O)Oc1ccc(Oc2cc(-n3c(=O)c4cc5c(=O)n(C(C)(C)C)c(=O)c5cc4c3=O)ccc2Oc2ccc(C(C)(C)C)c(Oc3ccc(OC(=O)C(=C)C)cc3)c2)cc1. The maximum absolute atomic E-state index is 14.0. The lowest BCUT2D eigenvalue weighted by Crippen LogP contribution is -2.38. The molecule has 0 N–H and O–H groups in total. The molecule has 2 heterocycles. The minimum atomic E-state index is -0.827. The van der Waals surface area contributed by atoms with Crippen molar-refractivity contribution in [3.8, 4) is 51.7 Å². The molecule has 63 heavy (non-hydrogen) atoms.